The highest BCUT2D eigenvalue weighted by Crippen LogP contribution is 2.28. The minimum absolute atomic E-state index is 0.178. The molecule has 0 saturated carbocycles. The monoisotopic (exact) mass is 290 g/mol. The Morgan fingerprint density at radius 3 is 2.52 bits per heavy atom. The molecular weight excluding hydrogens is 264 g/mol. The number of hydrogen-bond donors (Lipinski definition) is 0. The van der Waals surface area contributed by atoms with Crippen molar-refractivity contribution in [3.8, 4) is 5.75 Å². The molecule has 21 heavy (non-hydrogen) atoms. The molecule has 0 radical (unpaired) electrons. The van der Waals surface area contributed by atoms with Crippen molar-refractivity contribution >= 4 is 11.5 Å². The molecule has 1 unspecified atom stereocenters. The lowest BCUT2D eigenvalue weighted by Crippen LogP contribution is -2.48. The first kappa shape index (κ1) is 15.8. The Kier molecular flexibility index (Phi) is 5.62. The van der Waals surface area contributed by atoms with Gasteiger partial charge in [-0.2, -0.15) is 0 Å². The van der Waals surface area contributed by atoms with Crippen LogP contribution in [-0.2, 0) is 4.79 Å². The van der Waals surface area contributed by atoms with Crippen molar-refractivity contribution in [1.82, 2.24) is 4.90 Å². The Hall–Kier alpha value is -1.55. The van der Waals surface area contributed by atoms with Crippen LogP contribution in [0, 0.1) is 5.92 Å². The lowest BCUT2D eigenvalue weighted by Gasteiger charge is -2.36. The number of carbonyl (C=O) groups excluding carboxylic acids is 1. The number of hydrogen-bond acceptors (Lipinski definition) is 4. The predicted molar refractivity (Wildman–Crippen MR) is 86.1 cm³/mol. The number of rotatable bonds is 6. The molecule has 1 atom stereocenters. The number of nitrogens with zero attached hydrogens (tertiary/aromatic N) is 2. The summed E-state index contributed by atoms with van der Waals surface area (Å²) >= 11 is 0. The molecule has 1 fully saturated rings. The van der Waals surface area contributed by atoms with Crippen LogP contribution in [0.5, 0.6) is 5.75 Å². The van der Waals surface area contributed by atoms with Crippen LogP contribution in [0.2, 0.25) is 0 Å². The topological polar surface area (TPSA) is 32.8 Å². The third-order valence-corrected chi connectivity index (χ3v) is 4.34. The molecule has 1 aliphatic rings. The summed E-state index contributed by atoms with van der Waals surface area (Å²) in [6.07, 6.45) is 0.931. The maximum atomic E-state index is 12.0. The van der Waals surface area contributed by atoms with Gasteiger partial charge >= 0.3 is 0 Å². The van der Waals surface area contributed by atoms with Crippen molar-refractivity contribution in [2.75, 3.05) is 44.7 Å². The van der Waals surface area contributed by atoms with Crippen LogP contribution in [0.15, 0.2) is 24.3 Å². The van der Waals surface area contributed by atoms with Gasteiger partial charge in [0.25, 0.3) is 0 Å². The van der Waals surface area contributed by atoms with Crippen LogP contribution < -0.4 is 9.64 Å². The van der Waals surface area contributed by atoms with Gasteiger partial charge in [0.05, 0.1) is 19.3 Å². The first-order chi connectivity index (χ1) is 10.2. The Morgan fingerprint density at radius 1 is 1.24 bits per heavy atom. The molecule has 1 saturated heterocycles. The summed E-state index contributed by atoms with van der Waals surface area (Å²) in [5.74, 6) is 1.46. The first-order valence-electron chi connectivity index (χ1n) is 7.78. The van der Waals surface area contributed by atoms with Gasteiger partial charge in [-0.1, -0.05) is 26.0 Å². The SMILES string of the molecule is CCC(C)C(=O)CN1CCN(c2ccccc2OC)CC1. The number of para-hydroxylation sites is 2. The second kappa shape index (κ2) is 7.46. The van der Waals surface area contributed by atoms with Crippen molar-refractivity contribution in [2.24, 2.45) is 5.92 Å². The molecule has 0 N–H and O–H groups in total. The number of carbonyl (C=O) groups is 1. The third kappa shape index (κ3) is 3.97. The fraction of sp³-hybridized carbons (Fsp3) is 0.588. The minimum Gasteiger partial charge on any atom is -0.495 e. The van der Waals surface area contributed by atoms with E-state index in [1.54, 1.807) is 7.11 Å². The number of benzene rings is 1. The molecule has 4 heteroatoms. The summed E-state index contributed by atoms with van der Waals surface area (Å²) in [6.45, 7) is 8.42. The zero-order chi connectivity index (χ0) is 15.2. The third-order valence-electron chi connectivity index (χ3n) is 4.34. The minimum atomic E-state index is 0.178. The number of methoxy groups -OCH3 is 1. The number of ketones is 1. The fourth-order valence-electron chi connectivity index (χ4n) is 2.64. The maximum Gasteiger partial charge on any atom is 0.149 e. The van der Waals surface area contributed by atoms with Gasteiger partial charge in [0.2, 0.25) is 0 Å². The normalized spacial score (nSPS) is 17.6. The molecule has 0 amide bonds. The predicted octanol–water partition coefficient (Wildman–Crippen LogP) is 2.43. The van der Waals surface area contributed by atoms with Crippen LogP contribution in [0.25, 0.3) is 0 Å². The van der Waals surface area contributed by atoms with Gasteiger partial charge in [-0.25, -0.2) is 0 Å². The van der Waals surface area contributed by atoms with Crippen molar-refractivity contribution < 1.29 is 9.53 Å². The number of ether oxygens (including phenoxy) is 1. The van der Waals surface area contributed by atoms with Crippen molar-refractivity contribution in [2.45, 2.75) is 20.3 Å². The molecule has 0 aromatic heterocycles. The summed E-state index contributed by atoms with van der Waals surface area (Å²) in [6, 6.07) is 8.12. The van der Waals surface area contributed by atoms with Crippen LogP contribution in [-0.4, -0.2) is 50.5 Å². The Labute approximate surface area is 127 Å². The van der Waals surface area contributed by atoms with E-state index in [0.29, 0.717) is 12.3 Å². The average molecular weight is 290 g/mol. The highest BCUT2D eigenvalue weighted by atomic mass is 16.5. The maximum absolute atomic E-state index is 12.0. The fourth-order valence-corrected chi connectivity index (χ4v) is 2.64. The number of Topliss-reactive ketones (excluding diaryl/α,β-unsaturated/α-hetero) is 1. The lowest BCUT2D eigenvalue weighted by atomic mass is 10.0. The Balaban J connectivity index is 1.90. The summed E-state index contributed by atoms with van der Waals surface area (Å²) in [5.41, 5.74) is 1.15. The van der Waals surface area contributed by atoms with E-state index in [4.69, 9.17) is 4.74 Å². The summed E-state index contributed by atoms with van der Waals surface area (Å²) in [7, 11) is 1.71. The van der Waals surface area contributed by atoms with Gasteiger partial charge < -0.3 is 9.64 Å². The Bertz CT molecular complexity index is 468. The molecule has 0 spiro atoms. The smallest absolute Gasteiger partial charge is 0.149 e. The molecule has 1 aromatic rings. The standard InChI is InChI=1S/C17H26N2O2/c1-4-14(2)16(20)13-18-9-11-19(12-10-18)15-7-5-6-8-17(15)21-3/h5-8,14H,4,9-13H2,1-3H3. The van der Waals surface area contributed by atoms with Gasteiger partial charge in [-0.3, -0.25) is 9.69 Å². The van der Waals surface area contributed by atoms with E-state index in [0.717, 1.165) is 44.0 Å². The van der Waals surface area contributed by atoms with Crippen LogP contribution >= 0.6 is 0 Å². The van der Waals surface area contributed by atoms with Gasteiger partial charge in [-0.05, 0) is 18.6 Å². The largest absolute Gasteiger partial charge is 0.495 e. The van der Waals surface area contributed by atoms with Gasteiger partial charge in [-0.15, -0.1) is 0 Å². The number of piperazine rings is 1. The molecule has 1 heterocycles. The highest BCUT2D eigenvalue weighted by Gasteiger charge is 2.22. The summed E-state index contributed by atoms with van der Waals surface area (Å²) in [4.78, 5) is 16.6. The van der Waals surface area contributed by atoms with E-state index >= 15 is 0 Å². The van der Waals surface area contributed by atoms with E-state index in [1.165, 1.54) is 0 Å². The van der Waals surface area contributed by atoms with E-state index in [-0.39, 0.29) is 5.92 Å². The van der Waals surface area contributed by atoms with E-state index in [1.807, 2.05) is 25.1 Å². The quantitative estimate of drug-likeness (QED) is 0.805. The van der Waals surface area contributed by atoms with E-state index in [9.17, 15) is 4.79 Å². The van der Waals surface area contributed by atoms with Crippen LogP contribution in [0.4, 0.5) is 5.69 Å². The zero-order valence-corrected chi connectivity index (χ0v) is 13.3. The first-order valence-corrected chi connectivity index (χ1v) is 7.78. The Morgan fingerprint density at radius 2 is 1.90 bits per heavy atom. The van der Waals surface area contributed by atoms with Gasteiger partial charge in [0, 0.05) is 32.1 Å². The zero-order valence-electron chi connectivity index (χ0n) is 13.3. The van der Waals surface area contributed by atoms with Gasteiger partial charge in [0.15, 0.2) is 0 Å². The van der Waals surface area contributed by atoms with Crippen LogP contribution in [0.1, 0.15) is 20.3 Å². The average Bonchev–Trinajstić information content (AvgIpc) is 2.54. The molecule has 2 rings (SSSR count). The summed E-state index contributed by atoms with van der Waals surface area (Å²) < 4.78 is 5.43. The van der Waals surface area contributed by atoms with Crippen molar-refractivity contribution in [3.63, 3.8) is 0 Å². The van der Waals surface area contributed by atoms with E-state index < -0.39 is 0 Å². The second-order valence-electron chi connectivity index (χ2n) is 5.71. The van der Waals surface area contributed by atoms with Gasteiger partial charge in [0.1, 0.15) is 11.5 Å². The molecule has 1 aliphatic heterocycles. The van der Waals surface area contributed by atoms with Crippen molar-refractivity contribution in [1.29, 1.82) is 0 Å². The highest BCUT2D eigenvalue weighted by molar-refractivity contribution is 5.82. The molecule has 0 bridgehead atoms. The molecule has 4 nitrogen and oxygen atoms in total. The number of anilines is 1. The summed E-state index contributed by atoms with van der Waals surface area (Å²) in [5, 5.41) is 0. The molecule has 116 valence electrons. The second-order valence-corrected chi connectivity index (χ2v) is 5.71. The lowest BCUT2D eigenvalue weighted by molar-refractivity contribution is -0.123. The molecule has 0 aliphatic carbocycles. The van der Waals surface area contributed by atoms with Crippen molar-refractivity contribution in [3.05, 3.63) is 24.3 Å². The molecule has 1 aromatic carbocycles. The van der Waals surface area contributed by atoms with Crippen LogP contribution in [0.3, 0.4) is 0 Å². The molecular formula is C17H26N2O2. The van der Waals surface area contributed by atoms with E-state index in [2.05, 4.69) is 22.8 Å².